The third-order valence-electron chi connectivity index (χ3n) is 4.60. The fraction of sp³-hybridized carbons (Fsp3) is 0.304. The normalized spacial score (nSPS) is 12.1. The highest BCUT2D eigenvalue weighted by Crippen LogP contribution is 2.29. The smallest absolute Gasteiger partial charge is 0.408 e. The number of fused-ring (bicyclic) bond motifs is 1. The summed E-state index contributed by atoms with van der Waals surface area (Å²) in [7, 11) is 0. The van der Waals surface area contributed by atoms with E-state index in [1.54, 1.807) is 6.20 Å². The SMILES string of the molecule is CC(C)(C)OC(=O)NC(C)(C)c1ccc(-c2ccc3c(=O)[nH]cc(Br)c3c2)cc1. The van der Waals surface area contributed by atoms with Crippen molar-refractivity contribution in [1.29, 1.82) is 0 Å². The minimum atomic E-state index is -0.583. The fourth-order valence-corrected chi connectivity index (χ4v) is 3.56. The number of pyridine rings is 1. The Morgan fingerprint density at radius 3 is 2.21 bits per heavy atom. The highest BCUT2D eigenvalue weighted by molar-refractivity contribution is 9.10. The average Bonchev–Trinajstić information content (AvgIpc) is 2.62. The number of aromatic amines is 1. The van der Waals surface area contributed by atoms with Crippen LogP contribution in [0, 0.1) is 0 Å². The molecule has 3 aromatic rings. The standard InChI is InChI=1S/C23H25BrN2O3/c1-22(2,3)29-21(28)26-23(4,5)16-9-6-14(7-10-16)15-8-11-17-18(12-15)19(24)13-25-20(17)27/h6-13H,1-5H3,(H,25,27)(H,26,28). The van der Waals surface area contributed by atoms with Gasteiger partial charge in [0, 0.05) is 21.4 Å². The predicted molar refractivity (Wildman–Crippen MR) is 120 cm³/mol. The summed E-state index contributed by atoms with van der Waals surface area (Å²) in [5, 5.41) is 4.43. The molecule has 0 aliphatic rings. The minimum Gasteiger partial charge on any atom is -0.444 e. The van der Waals surface area contributed by atoms with Gasteiger partial charge in [-0.15, -0.1) is 0 Å². The number of halogens is 1. The molecule has 0 aliphatic heterocycles. The Hall–Kier alpha value is -2.60. The second-order valence-electron chi connectivity index (χ2n) is 8.56. The van der Waals surface area contributed by atoms with Crippen molar-refractivity contribution in [2.75, 3.05) is 0 Å². The van der Waals surface area contributed by atoms with Crippen LogP contribution < -0.4 is 10.9 Å². The summed E-state index contributed by atoms with van der Waals surface area (Å²) in [6.07, 6.45) is 1.21. The number of carbonyl (C=O) groups excluding carboxylic acids is 1. The molecule has 5 nitrogen and oxygen atoms in total. The Labute approximate surface area is 178 Å². The Morgan fingerprint density at radius 1 is 0.966 bits per heavy atom. The van der Waals surface area contributed by atoms with Gasteiger partial charge in [0.25, 0.3) is 5.56 Å². The molecule has 1 aromatic heterocycles. The molecular formula is C23H25BrN2O3. The van der Waals surface area contributed by atoms with Crippen LogP contribution in [0.5, 0.6) is 0 Å². The zero-order valence-electron chi connectivity index (χ0n) is 17.2. The van der Waals surface area contributed by atoms with Gasteiger partial charge in [-0.25, -0.2) is 4.79 Å². The molecule has 3 rings (SSSR count). The monoisotopic (exact) mass is 456 g/mol. The summed E-state index contributed by atoms with van der Waals surface area (Å²) in [5.74, 6) is 0. The maximum atomic E-state index is 12.2. The van der Waals surface area contributed by atoms with Gasteiger partial charge < -0.3 is 15.0 Å². The summed E-state index contributed by atoms with van der Waals surface area (Å²) in [5.41, 5.74) is 1.76. The number of H-pyrrole nitrogens is 1. The molecule has 2 aromatic carbocycles. The number of amides is 1. The highest BCUT2D eigenvalue weighted by atomic mass is 79.9. The molecule has 152 valence electrons. The van der Waals surface area contributed by atoms with Gasteiger partial charge in [-0.2, -0.15) is 0 Å². The van der Waals surface area contributed by atoms with E-state index in [-0.39, 0.29) is 5.56 Å². The first-order chi connectivity index (χ1) is 13.5. The summed E-state index contributed by atoms with van der Waals surface area (Å²) in [6, 6.07) is 13.8. The molecule has 0 unspecified atom stereocenters. The number of hydrogen-bond acceptors (Lipinski definition) is 3. The first-order valence-electron chi connectivity index (χ1n) is 9.39. The van der Waals surface area contributed by atoms with Gasteiger partial charge in [0.1, 0.15) is 5.60 Å². The van der Waals surface area contributed by atoms with E-state index >= 15 is 0 Å². The molecule has 0 aliphatic carbocycles. The van der Waals surface area contributed by atoms with Gasteiger partial charge in [-0.05, 0) is 79.4 Å². The fourth-order valence-electron chi connectivity index (χ4n) is 3.11. The number of benzene rings is 2. The molecule has 6 heteroatoms. The van der Waals surface area contributed by atoms with Crippen molar-refractivity contribution in [3.63, 3.8) is 0 Å². The van der Waals surface area contributed by atoms with Crippen LogP contribution in [0.4, 0.5) is 4.79 Å². The number of ether oxygens (including phenoxy) is 1. The van der Waals surface area contributed by atoms with E-state index in [0.717, 1.165) is 26.5 Å². The number of carbonyl (C=O) groups is 1. The van der Waals surface area contributed by atoms with Crippen LogP contribution in [-0.4, -0.2) is 16.7 Å². The van der Waals surface area contributed by atoms with Crippen molar-refractivity contribution in [1.82, 2.24) is 10.3 Å². The van der Waals surface area contributed by atoms with Crippen LogP contribution in [0.25, 0.3) is 21.9 Å². The number of rotatable bonds is 3. The second-order valence-corrected chi connectivity index (χ2v) is 9.41. The molecule has 0 atom stereocenters. The number of aromatic nitrogens is 1. The molecule has 0 radical (unpaired) electrons. The summed E-state index contributed by atoms with van der Waals surface area (Å²) >= 11 is 3.50. The maximum Gasteiger partial charge on any atom is 0.408 e. The van der Waals surface area contributed by atoms with Gasteiger partial charge >= 0.3 is 6.09 Å². The lowest BCUT2D eigenvalue weighted by Gasteiger charge is -2.29. The van der Waals surface area contributed by atoms with Gasteiger partial charge in [0.2, 0.25) is 0 Å². The average molecular weight is 457 g/mol. The summed E-state index contributed by atoms with van der Waals surface area (Å²) in [4.78, 5) is 26.8. The van der Waals surface area contributed by atoms with Gasteiger partial charge in [-0.1, -0.05) is 30.3 Å². The third kappa shape index (κ3) is 4.88. The highest BCUT2D eigenvalue weighted by Gasteiger charge is 2.26. The van der Waals surface area contributed by atoms with Crippen LogP contribution in [0.15, 0.2) is 57.9 Å². The van der Waals surface area contributed by atoms with Crippen LogP contribution in [0.2, 0.25) is 0 Å². The molecule has 1 heterocycles. The Morgan fingerprint density at radius 2 is 1.59 bits per heavy atom. The largest absolute Gasteiger partial charge is 0.444 e. The molecule has 1 amide bonds. The van der Waals surface area contributed by atoms with Crippen molar-refractivity contribution in [3.8, 4) is 11.1 Å². The number of alkyl carbamates (subject to hydrolysis) is 1. The van der Waals surface area contributed by atoms with Crippen molar-refractivity contribution in [2.24, 2.45) is 0 Å². The van der Waals surface area contributed by atoms with E-state index in [1.807, 2.05) is 77.1 Å². The maximum absolute atomic E-state index is 12.2. The van der Waals surface area contributed by atoms with E-state index < -0.39 is 17.2 Å². The molecular weight excluding hydrogens is 432 g/mol. The topological polar surface area (TPSA) is 71.2 Å². The zero-order chi connectivity index (χ0) is 21.4. The van der Waals surface area contributed by atoms with Crippen LogP contribution >= 0.6 is 15.9 Å². The Kier molecular flexibility index (Phi) is 5.59. The van der Waals surface area contributed by atoms with E-state index in [0.29, 0.717) is 5.39 Å². The van der Waals surface area contributed by atoms with E-state index in [9.17, 15) is 9.59 Å². The quantitative estimate of drug-likeness (QED) is 0.529. The second kappa shape index (κ2) is 7.67. The van der Waals surface area contributed by atoms with Gasteiger partial charge in [0.05, 0.1) is 5.54 Å². The molecule has 0 saturated carbocycles. The van der Waals surface area contributed by atoms with Crippen LogP contribution in [-0.2, 0) is 10.3 Å². The molecule has 0 bridgehead atoms. The lowest BCUT2D eigenvalue weighted by atomic mass is 9.92. The number of nitrogens with one attached hydrogen (secondary N) is 2. The molecule has 0 fully saturated rings. The van der Waals surface area contributed by atoms with E-state index in [4.69, 9.17) is 4.74 Å². The van der Waals surface area contributed by atoms with Crippen LogP contribution in [0.1, 0.15) is 40.2 Å². The zero-order valence-corrected chi connectivity index (χ0v) is 18.8. The predicted octanol–water partition coefficient (Wildman–Crippen LogP) is 5.72. The van der Waals surface area contributed by atoms with Crippen molar-refractivity contribution in [3.05, 3.63) is 69.1 Å². The van der Waals surface area contributed by atoms with Gasteiger partial charge in [0.15, 0.2) is 0 Å². The first kappa shape index (κ1) is 21.1. The molecule has 0 spiro atoms. The third-order valence-corrected chi connectivity index (χ3v) is 5.26. The summed E-state index contributed by atoms with van der Waals surface area (Å²) < 4.78 is 6.21. The Balaban J connectivity index is 1.86. The minimum absolute atomic E-state index is 0.111. The summed E-state index contributed by atoms with van der Waals surface area (Å²) in [6.45, 7) is 9.38. The molecule has 2 N–H and O–H groups in total. The number of hydrogen-bond donors (Lipinski definition) is 2. The van der Waals surface area contributed by atoms with E-state index in [1.165, 1.54) is 0 Å². The molecule has 29 heavy (non-hydrogen) atoms. The van der Waals surface area contributed by atoms with Crippen molar-refractivity contribution >= 4 is 32.8 Å². The van der Waals surface area contributed by atoms with Crippen LogP contribution in [0.3, 0.4) is 0 Å². The van der Waals surface area contributed by atoms with E-state index in [2.05, 4.69) is 26.2 Å². The van der Waals surface area contributed by atoms with Crippen molar-refractivity contribution in [2.45, 2.75) is 45.8 Å². The lowest BCUT2D eigenvalue weighted by molar-refractivity contribution is 0.0470. The molecule has 0 saturated heterocycles. The van der Waals surface area contributed by atoms with Crippen molar-refractivity contribution < 1.29 is 9.53 Å². The lowest BCUT2D eigenvalue weighted by Crippen LogP contribution is -2.43. The first-order valence-corrected chi connectivity index (χ1v) is 10.2. The van der Waals surface area contributed by atoms with Gasteiger partial charge in [-0.3, -0.25) is 4.79 Å². The Bertz CT molecular complexity index is 1110.